The zero-order valence-electron chi connectivity index (χ0n) is 13.6. The number of oxime groups is 1. The van der Waals surface area contributed by atoms with Crippen LogP contribution in [0, 0.1) is 5.92 Å². The molecule has 0 spiro atoms. The molecule has 2 heterocycles. The van der Waals surface area contributed by atoms with Crippen molar-refractivity contribution in [2.75, 3.05) is 13.1 Å². The Bertz CT molecular complexity index is 686. The second-order valence-corrected chi connectivity index (χ2v) is 7.88. The van der Waals surface area contributed by atoms with E-state index in [1.165, 1.54) is 5.56 Å². The summed E-state index contributed by atoms with van der Waals surface area (Å²) >= 11 is 1.65. The lowest BCUT2D eigenvalue weighted by atomic mass is 9.82. The number of rotatable bonds is 2. The Morgan fingerprint density at radius 1 is 1.25 bits per heavy atom. The fourth-order valence-electron chi connectivity index (χ4n) is 4.20. The summed E-state index contributed by atoms with van der Waals surface area (Å²) in [6.07, 6.45) is 3.90. The molecule has 0 aromatic heterocycles. The summed E-state index contributed by atoms with van der Waals surface area (Å²) in [5.41, 5.74) is 3.10. The highest BCUT2D eigenvalue weighted by atomic mass is 32.2. The van der Waals surface area contributed by atoms with E-state index in [2.05, 4.69) is 29.4 Å². The Labute approximate surface area is 146 Å². The largest absolute Gasteiger partial charge is 0.411 e. The van der Waals surface area contributed by atoms with Gasteiger partial charge in [-0.3, -0.25) is 4.79 Å². The minimum Gasteiger partial charge on any atom is -0.411 e. The lowest BCUT2D eigenvalue weighted by molar-refractivity contribution is -0.126. The van der Waals surface area contributed by atoms with Crippen molar-refractivity contribution in [3.63, 3.8) is 0 Å². The van der Waals surface area contributed by atoms with Gasteiger partial charge in [-0.05, 0) is 36.7 Å². The van der Waals surface area contributed by atoms with Gasteiger partial charge in [0.1, 0.15) is 0 Å². The molecular weight excluding hydrogens is 320 g/mol. The second kappa shape index (κ2) is 6.63. The number of nitrogens with zero attached hydrogens (tertiary/aromatic N) is 2. The summed E-state index contributed by atoms with van der Waals surface area (Å²) in [5, 5.41) is 14.8. The molecular formula is C19H22N2O2S. The average molecular weight is 342 g/mol. The number of likely N-dealkylation sites (tertiary alicyclic amines) is 1. The van der Waals surface area contributed by atoms with Crippen molar-refractivity contribution >= 4 is 23.4 Å². The van der Waals surface area contributed by atoms with Crippen LogP contribution in [0.15, 0.2) is 46.5 Å². The van der Waals surface area contributed by atoms with E-state index in [4.69, 9.17) is 0 Å². The van der Waals surface area contributed by atoms with Crippen molar-refractivity contribution in [1.29, 1.82) is 0 Å². The Hall–Kier alpha value is -1.75. The molecule has 1 aliphatic carbocycles. The number of carbonyl (C=O) groups excluding carboxylic acids is 1. The second-order valence-electron chi connectivity index (χ2n) is 6.87. The molecule has 2 aliphatic heterocycles. The maximum Gasteiger partial charge on any atom is 0.250 e. The third-order valence-electron chi connectivity index (χ3n) is 5.50. The maximum absolute atomic E-state index is 13.0. The molecule has 5 heteroatoms. The Balaban J connectivity index is 1.45. The van der Waals surface area contributed by atoms with Crippen LogP contribution in [0.5, 0.6) is 0 Å². The van der Waals surface area contributed by atoms with Crippen molar-refractivity contribution in [2.45, 2.75) is 36.9 Å². The molecule has 3 aliphatic rings. The van der Waals surface area contributed by atoms with Gasteiger partial charge in [-0.2, -0.15) is 0 Å². The van der Waals surface area contributed by atoms with Gasteiger partial charge < -0.3 is 10.1 Å². The van der Waals surface area contributed by atoms with E-state index >= 15 is 0 Å². The van der Waals surface area contributed by atoms with E-state index in [-0.39, 0.29) is 17.1 Å². The van der Waals surface area contributed by atoms with Gasteiger partial charge >= 0.3 is 0 Å². The van der Waals surface area contributed by atoms with Gasteiger partial charge in [0, 0.05) is 30.5 Å². The highest BCUT2D eigenvalue weighted by Crippen LogP contribution is 2.44. The molecule has 1 aromatic rings. The molecule has 1 amide bonds. The van der Waals surface area contributed by atoms with E-state index in [1.54, 1.807) is 11.8 Å². The van der Waals surface area contributed by atoms with Crippen molar-refractivity contribution in [3.05, 3.63) is 46.9 Å². The minimum atomic E-state index is 0.162. The SMILES string of the molecule is O=C(C1=CSC2/C(=N\O)CCCC12)N1CCC(c2ccccc2)C1. The van der Waals surface area contributed by atoms with Gasteiger partial charge in [-0.1, -0.05) is 35.5 Å². The molecule has 2 fully saturated rings. The zero-order valence-corrected chi connectivity index (χ0v) is 14.4. The zero-order chi connectivity index (χ0) is 16.5. The molecule has 0 bridgehead atoms. The van der Waals surface area contributed by atoms with Gasteiger partial charge in [0.15, 0.2) is 0 Å². The van der Waals surface area contributed by atoms with Gasteiger partial charge in [0.05, 0.1) is 11.0 Å². The van der Waals surface area contributed by atoms with E-state index < -0.39 is 0 Å². The molecule has 0 radical (unpaired) electrons. The van der Waals surface area contributed by atoms with E-state index in [1.807, 2.05) is 16.4 Å². The smallest absolute Gasteiger partial charge is 0.250 e. The Morgan fingerprint density at radius 2 is 2.08 bits per heavy atom. The first kappa shape index (κ1) is 15.8. The molecule has 4 nitrogen and oxygen atoms in total. The molecule has 24 heavy (non-hydrogen) atoms. The van der Waals surface area contributed by atoms with Crippen LogP contribution in [0.2, 0.25) is 0 Å². The van der Waals surface area contributed by atoms with Gasteiger partial charge in [0.25, 0.3) is 5.91 Å². The lowest BCUT2D eigenvalue weighted by Crippen LogP contribution is -2.36. The topological polar surface area (TPSA) is 52.9 Å². The number of carbonyl (C=O) groups is 1. The summed E-state index contributed by atoms with van der Waals surface area (Å²) in [7, 11) is 0. The van der Waals surface area contributed by atoms with Gasteiger partial charge in [-0.15, -0.1) is 11.8 Å². The molecule has 4 rings (SSSR count). The lowest BCUT2D eigenvalue weighted by Gasteiger charge is -2.28. The van der Waals surface area contributed by atoms with E-state index in [9.17, 15) is 10.0 Å². The van der Waals surface area contributed by atoms with Crippen LogP contribution < -0.4 is 0 Å². The fourth-order valence-corrected chi connectivity index (χ4v) is 5.56. The van der Waals surface area contributed by atoms with Crippen LogP contribution >= 0.6 is 11.8 Å². The molecule has 1 aromatic carbocycles. The fraction of sp³-hybridized carbons (Fsp3) is 0.474. The summed E-state index contributed by atoms with van der Waals surface area (Å²) in [4.78, 5) is 15.0. The molecule has 3 atom stereocenters. The van der Waals surface area contributed by atoms with Crippen LogP contribution in [0.25, 0.3) is 0 Å². The monoisotopic (exact) mass is 342 g/mol. The van der Waals surface area contributed by atoms with Crippen LogP contribution in [-0.4, -0.2) is 40.1 Å². The predicted octanol–water partition coefficient (Wildman–Crippen LogP) is 3.63. The standard InChI is InChI=1S/C19H22N2O2S/c22-19(16-12-24-18-15(16)7-4-8-17(18)20-23)21-10-9-14(11-21)13-5-2-1-3-6-13/h1-3,5-6,12,14-15,18,23H,4,7-11H2/b20-17-. The Morgan fingerprint density at radius 3 is 2.88 bits per heavy atom. The average Bonchev–Trinajstić information content (AvgIpc) is 3.29. The van der Waals surface area contributed by atoms with E-state index in [0.29, 0.717) is 5.92 Å². The third-order valence-corrected chi connectivity index (χ3v) is 6.79. The number of thioether (sulfide) groups is 1. The number of benzene rings is 1. The normalized spacial score (nSPS) is 31.2. The Kier molecular flexibility index (Phi) is 4.35. The summed E-state index contributed by atoms with van der Waals surface area (Å²) in [6, 6.07) is 10.5. The van der Waals surface area contributed by atoms with Crippen LogP contribution in [-0.2, 0) is 4.79 Å². The minimum absolute atomic E-state index is 0.162. The summed E-state index contributed by atoms with van der Waals surface area (Å²) in [6.45, 7) is 1.64. The first-order valence-corrected chi connectivity index (χ1v) is 9.63. The number of fused-ring (bicyclic) bond motifs is 1. The van der Waals surface area contributed by atoms with Crippen LogP contribution in [0.1, 0.15) is 37.2 Å². The van der Waals surface area contributed by atoms with Crippen molar-refractivity contribution in [2.24, 2.45) is 11.1 Å². The maximum atomic E-state index is 13.0. The van der Waals surface area contributed by atoms with Crippen molar-refractivity contribution in [1.82, 2.24) is 4.90 Å². The summed E-state index contributed by atoms with van der Waals surface area (Å²) < 4.78 is 0. The molecule has 1 saturated carbocycles. The number of hydrogen-bond acceptors (Lipinski definition) is 4. The predicted molar refractivity (Wildman–Crippen MR) is 96.4 cm³/mol. The number of amides is 1. The van der Waals surface area contributed by atoms with E-state index in [0.717, 1.165) is 50.1 Å². The molecule has 1 saturated heterocycles. The first-order valence-electron chi connectivity index (χ1n) is 8.68. The highest BCUT2D eigenvalue weighted by molar-refractivity contribution is 8.03. The quantitative estimate of drug-likeness (QED) is 0.659. The first-order chi connectivity index (χ1) is 11.8. The van der Waals surface area contributed by atoms with Crippen LogP contribution in [0.4, 0.5) is 0 Å². The molecule has 3 unspecified atom stereocenters. The number of hydrogen-bond donors (Lipinski definition) is 1. The van der Waals surface area contributed by atoms with Crippen molar-refractivity contribution < 1.29 is 10.0 Å². The van der Waals surface area contributed by atoms with Gasteiger partial charge in [0.2, 0.25) is 0 Å². The highest BCUT2D eigenvalue weighted by Gasteiger charge is 2.41. The summed E-state index contributed by atoms with van der Waals surface area (Å²) in [5.74, 6) is 0.854. The van der Waals surface area contributed by atoms with Gasteiger partial charge in [-0.25, -0.2) is 0 Å². The molecule has 126 valence electrons. The molecule has 1 N–H and O–H groups in total. The van der Waals surface area contributed by atoms with Crippen LogP contribution in [0.3, 0.4) is 0 Å². The third kappa shape index (κ3) is 2.75. The van der Waals surface area contributed by atoms with Crippen molar-refractivity contribution in [3.8, 4) is 0 Å².